The minimum Gasteiger partial charge on any atom is -0.444 e. The number of nitrogens with zero attached hydrogens (tertiary/aromatic N) is 1. The summed E-state index contributed by atoms with van der Waals surface area (Å²) in [5.41, 5.74) is 0.993. The van der Waals surface area contributed by atoms with Gasteiger partial charge in [-0.3, -0.25) is 4.90 Å². The van der Waals surface area contributed by atoms with Crippen LogP contribution in [0.25, 0.3) is 0 Å². The predicted octanol–water partition coefficient (Wildman–Crippen LogP) is 4.07. The smallest absolute Gasteiger partial charge is 0.410 e. The van der Waals surface area contributed by atoms with Crippen LogP contribution in [0.4, 0.5) is 4.79 Å². The van der Waals surface area contributed by atoms with Crippen molar-refractivity contribution in [3.63, 3.8) is 0 Å². The van der Waals surface area contributed by atoms with E-state index < -0.39 is 54.0 Å². The van der Waals surface area contributed by atoms with Crippen molar-refractivity contribution < 1.29 is 26.4 Å². The highest BCUT2D eigenvalue weighted by molar-refractivity contribution is 7.96. The highest BCUT2D eigenvalue weighted by Crippen LogP contribution is 2.47. The van der Waals surface area contributed by atoms with Crippen molar-refractivity contribution in [3.8, 4) is 0 Å². The molecule has 0 saturated carbocycles. The standard InChI is InChI=1S/C25H31NO6S2/c1-16-6-10-18(11-7-16)33(28,29)22-20-14-15-21(26(20)24(27)32-25(3,4)5)23(22)34(30,31)19-12-8-17(2)9-13-19/h6-13,20-23H,14-15H2,1-5H3/t20-,21+,22-,23-/m1/s1. The van der Waals surface area contributed by atoms with E-state index in [1.165, 1.54) is 29.2 Å². The van der Waals surface area contributed by atoms with E-state index in [1.807, 2.05) is 13.8 Å². The summed E-state index contributed by atoms with van der Waals surface area (Å²) in [5.74, 6) is 0. The molecular weight excluding hydrogens is 474 g/mol. The number of amides is 1. The lowest BCUT2D eigenvalue weighted by atomic mass is 10.00. The Hall–Kier alpha value is -2.39. The third kappa shape index (κ3) is 4.24. The van der Waals surface area contributed by atoms with Gasteiger partial charge < -0.3 is 4.74 Å². The van der Waals surface area contributed by atoms with E-state index in [9.17, 15) is 21.6 Å². The minimum absolute atomic E-state index is 0.0592. The van der Waals surface area contributed by atoms with Gasteiger partial charge >= 0.3 is 6.09 Å². The molecule has 2 saturated heterocycles. The van der Waals surface area contributed by atoms with Gasteiger partial charge in [0.15, 0.2) is 19.7 Å². The van der Waals surface area contributed by atoms with E-state index in [1.54, 1.807) is 45.0 Å². The topological polar surface area (TPSA) is 97.8 Å². The van der Waals surface area contributed by atoms with Crippen molar-refractivity contribution in [3.05, 3.63) is 59.7 Å². The van der Waals surface area contributed by atoms with Gasteiger partial charge in [0, 0.05) is 0 Å². The fourth-order valence-corrected chi connectivity index (χ4v) is 10.0. The van der Waals surface area contributed by atoms with Gasteiger partial charge in [0.2, 0.25) is 0 Å². The summed E-state index contributed by atoms with van der Waals surface area (Å²) in [4.78, 5) is 14.6. The number of aryl methyl sites for hydroxylation is 2. The largest absolute Gasteiger partial charge is 0.444 e. The molecule has 2 aliphatic rings. The first-order valence-electron chi connectivity index (χ1n) is 11.4. The van der Waals surface area contributed by atoms with Crippen LogP contribution < -0.4 is 0 Å². The van der Waals surface area contributed by atoms with E-state index in [0.29, 0.717) is 12.8 Å². The number of benzene rings is 2. The van der Waals surface area contributed by atoms with Crippen molar-refractivity contribution in [2.24, 2.45) is 0 Å². The Labute approximate surface area is 202 Å². The Bertz CT molecular complexity index is 1200. The lowest BCUT2D eigenvalue weighted by molar-refractivity contribution is 0.0218. The van der Waals surface area contributed by atoms with Gasteiger partial charge in [-0.15, -0.1) is 0 Å². The maximum Gasteiger partial charge on any atom is 0.410 e. The highest BCUT2D eigenvalue weighted by atomic mass is 32.2. The molecule has 0 radical (unpaired) electrons. The molecule has 2 fully saturated rings. The van der Waals surface area contributed by atoms with Crippen LogP contribution in [0, 0.1) is 13.8 Å². The molecule has 9 heteroatoms. The first-order chi connectivity index (χ1) is 15.7. The molecule has 2 aromatic rings. The summed E-state index contributed by atoms with van der Waals surface area (Å²) in [6.07, 6.45) is 0.129. The number of hydrogen-bond donors (Lipinski definition) is 0. The van der Waals surface area contributed by atoms with Crippen LogP contribution in [-0.2, 0) is 24.4 Å². The molecule has 1 amide bonds. The second kappa shape index (κ2) is 8.37. The number of fused-ring (bicyclic) bond motifs is 2. The molecule has 0 aromatic heterocycles. The van der Waals surface area contributed by atoms with Gasteiger partial charge in [-0.05, 0) is 71.7 Å². The number of sulfone groups is 2. The third-order valence-electron chi connectivity index (χ3n) is 6.58. The van der Waals surface area contributed by atoms with Gasteiger partial charge in [-0.25, -0.2) is 21.6 Å². The molecule has 0 aliphatic carbocycles. The number of rotatable bonds is 4. The molecule has 2 aromatic carbocycles. The van der Waals surface area contributed by atoms with E-state index in [-0.39, 0.29) is 9.79 Å². The fraction of sp³-hybridized carbons (Fsp3) is 0.480. The fourth-order valence-electron chi connectivity index (χ4n) is 5.07. The minimum atomic E-state index is -4.07. The maximum atomic E-state index is 13.9. The summed E-state index contributed by atoms with van der Waals surface area (Å²) in [7, 11) is -8.15. The van der Waals surface area contributed by atoms with Crippen LogP contribution in [-0.4, -0.2) is 56.0 Å². The SMILES string of the molecule is Cc1ccc(S(=O)(=O)[C@H]2[C@H](S(=O)(=O)c3ccc(C)cc3)[C@@H]3CC[C@H]2N3C(=O)OC(C)(C)C)cc1. The summed E-state index contributed by atoms with van der Waals surface area (Å²) in [6, 6.07) is 11.2. The Balaban J connectivity index is 1.85. The average Bonchev–Trinajstić information content (AvgIpc) is 3.30. The number of carbonyl (C=O) groups is 1. The molecule has 2 aliphatic heterocycles. The van der Waals surface area contributed by atoms with Gasteiger partial charge in [0.05, 0.1) is 21.9 Å². The summed E-state index contributed by atoms with van der Waals surface area (Å²) in [5, 5.41) is -2.57. The van der Waals surface area contributed by atoms with Crippen molar-refractivity contribution in [2.45, 2.75) is 85.4 Å². The third-order valence-corrected chi connectivity index (χ3v) is 11.3. The normalized spacial score (nSPS) is 24.9. The van der Waals surface area contributed by atoms with Crippen molar-refractivity contribution in [1.82, 2.24) is 4.90 Å². The van der Waals surface area contributed by atoms with Gasteiger partial charge in [-0.2, -0.15) is 0 Å². The molecule has 0 spiro atoms. The molecule has 4 atom stereocenters. The molecule has 184 valence electrons. The second-order valence-electron chi connectivity index (χ2n) is 10.2. The summed E-state index contributed by atoms with van der Waals surface area (Å²) in [6.45, 7) is 8.88. The van der Waals surface area contributed by atoms with E-state index in [0.717, 1.165) is 11.1 Å². The van der Waals surface area contributed by atoms with Gasteiger partial charge in [0.25, 0.3) is 0 Å². The highest BCUT2D eigenvalue weighted by Gasteiger charge is 2.64. The Kier molecular flexibility index (Phi) is 6.09. The quantitative estimate of drug-likeness (QED) is 0.621. The zero-order valence-corrected chi connectivity index (χ0v) is 21.7. The molecule has 34 heavy (non-hydrogen) atoms. The van der Waals surface area contributed by atoms with E-state index in [2.05, 4.69) is 0 Å². The maximum absolute atomic E-state index is 13.9. The molecule has 2 heterocycles. The first kappa shape index (κ1) is 24.7. The van der Waals surface area contributed by atoms with E-state index >= 15 is 0 Å². The van der Waals surface area contributed by atoms with Crippen LogP contribution in [0.3, 0.4) is 0 Å². The van der Waals surface area contributed by atoms with Gasteiger partial charge in [-0.1, -0.05) is 35.4 Å². The molecule has 7 nitrogen and oxygen atoms in total. The molecule has 0 unspecified atom stereocenters. The Morgan fingerprint density at radius 3 is 1.44 bits per heavy atom. The number of ether oxygens (including phenoxy) is 1. The summed E-state index contributed by atoms with van der Waals surface area (Å²) >= 11 is 0. The molecule has 4 rings (SSSR count). The first-order valence-corrected chi connectivity index (χ1v) is 14.5. The zero-order valence-electron chi connectivity index (χ0n) is 20.1. The second-order valence-corrected chi connectivity index (χ2v) is 14.5. The predicted molar refractivity (Wildman–Crippen MR) is 129 cm³/mol. The number of hydrogen-bond acceptors (Lipinski definition) is 6. The Morgan fingerprint density at radius 2 is 1.12 bits per heavy atom. The molecular formula is C25H31NO6S2. The Morgan fingerprint density at radius 1 is 0.765 bits per heavy atom. The lowest BCUT2D eigenvalue weighted by Gasteiger charge is -2.28. The van der Waals surface area contributed by atoms with Crippen LogP contribution >= 0.6 is 0 Å². The monoisotopic (exact) mass is 505 g/mol. The molecule has 2 bridgehead atoms. The van der Waals surface area contributed by atoms with Gasteiger partial charge in [0.1, 0.15) is 16.1 Å². The summed E-state index contributed by atoms with van der Waals surface area (Å²) < 4.78 is 61.1. The van der Waals surface area contributed by atoms with Crippen LogP contribution in [0.2, 0.25) is 0 Å². The zero-order chi connectivity index (χ0) is 25.1. The molecule has 0 N–H and O–H groups in total. The van der Waals surface area contributed by atoms with E-state index in [4.69, 9.17) is 4.74 Å². The number of carbonyl (C=O) groups excluding carboxylic acids is 1. The van der Waals surface area contributed by atoms with Crippen molar-refractivity contribution >= 4 is 25.8 Å². The van der Waals surface area contributed by atoms with Crippen LogP contribution in [0.1, 0.15) is 44.7 Å². The van der Waals surface area contributed by atoms with Crippen LogP contribution in [0.5, 0.6) is 0 Å². The lowest BCUT2D eigenvalue weighted by Crippen LogP contribution is -2.47. The van der Waals surface area contributed by atoms with Crippen LogP contribution in [0.15, 0.2) is 58.3 Å². The van der Waals surface area contributed by atoms with Crippen molar-refractivity contribution in [1.29, 1.82) is 0 Å². The van der Waals surface area contributed by atoms with Crippen molar-refractivity contribution in [2.75, 3.05) is 0 Å². The average molecular weight is 506 g/mol.